The highest BCUT2D eigenvalue weighted by atomic mass is 16.7. The second-order valence-electron chi connectivity index (χ2n) is 9.44. The summed E-state index contributed by atoms with van der Waals surface area (Å²) < 4.78 is 16.7. The van der Waals surface area contributed by atoms with Gasteiger partial charge in [-0.25, -0.2) is 0 Å². The summed E-state index contributed by atoms with van der Waals surface area (Å²) in [5.41, 5.74) is -1.03. The Hall–Kier alpha value is -1.92. The molecule has 1 unspecified atom stereocenters. The first-order valence-corrected chi connectivity index (χ1v) is 10.2. The van der Waals surface area contributed by atoms with Crippen molar-refractivity contribution >= 4 is 24.2 Å². The van der Waals surface area contributed by atoms with E-state index >= 15 is 0 Å². The van der Waals surface area contributed by atoms with Crippen molar-refractivity contribution in [1.29, 1.82) is 0 Å². The lowest BCUT2D eigenvalue weighted by molar-refractivity contribution is -0.329. The SMILES string of the molecule is CC(=O)O[C@H]1CC[C@]2(C)[C@H]3CC[C@]4(C)C(=O)CC[C@H]4[C@H]3C(=O)OC2(OC=O)C1. The maximum absolute atomic E-state index is 13.2. The highest BCUT2D eigenvalue weighted by Crippen LogP contribution is 2.65. The minimum absolute atomic E-state index is 0.0245. The molecule has 7 nitrogen and oxygen atoms in total. The van der Waals surface area contributed by atoms with Gasteiger partial charge in [0, 0.05) is 24.2 Å². The smallest absolute Gasteiger partial charge is 0.312 e. The molecule has 0 bridgehead atoms. The molecule has 3 saturated carbocycles. The van der Waals surface area contributed by atoms with E-state index in [1.807, 2.05) is 13.8 Å². The van der Waals surface area contributed by atoms with Gasteiger partial charge < -0.3 is 14.2 Å². The molecular formula is C21H28O7. The molecule has 1 heterocycles. The average molecular weight is 392 g/mol. The number of Topliss-reactive ketones (excluding diaryl/α,β-unsaturated/α-hetero) is 1. The van der Waals surface area contributed by atoms with Gasteiger partial charge in [-0.3, -0.25) is 19.2 Å². The normalized spacial score (nSPS) is 47.2. The lowest BCUT2D eigenvalue weighted by Gasteiger charge is -2.61. The second-order valence-corrected chi connectivity index (χ2v) is 9.44. The molecule has 7 heteroatoms. The van der Waals surface area contributed by atoms with Crippen molar-refractivity contribution in [2.45, 2.75) is 77.6 Å². The van der Waals surface area contributed by atoms with Crippen LogP contribution >= 0.6 is 0 Å². The molecule has 28 heavy (non-hydrogen) atoms. The number of ketones is 1. The van der Waals surface area contributed by atoms with Crippen LogP contribution < -0.4 is 0 Å². The van der Waals surface area contributed by atoms with E-state index in [1.165, 1.54) is 6.92 Å². The first-order chi connectivity index (χ1) is 13.2. The van der Waals surface area contributed by atoms with Gasteiger partial charge in [-0.1, -0.05) is 13.8 Å². The zero-order valence-electron chi connectivity index (χ0n) is 16.7. The van der Waals surface area contributed by atoms with Crippen LogP contribution in [0.4, 0.5) is 0 Å². The maximum atomic E-state index is 13.2. The number of fused-ring (bicyclic) bond motifs is 5. The van der Waals surface area contributed by atoms with Gasteiger partial charge in [-0.2, -0.15) is 0 Å². The fraction of sp³-hybridized carbons (Fsp3) is 0.810. The van der Waals surface area contributed by atoms with E-state index in [-0.39, 0.29) is 30.0 Å². The molecule has 4 rings (SSSR count). The maximum Gasteiger partial charge on any atom is 0.312 e. The van der Waals surface area contributed by atoms with Crippen molar-refractivity contribution in [3.8, 4) is 0 Å². The third-order valence-electron chi connectivity index (χ3n) is 8.26. The summed E-state index contributed by atoms with van der Waals surface area (Å²) >= 11 is 0. The molecule has 7 atom stereocenters. The molecule has 3 aliphatic carbocycles. The predicted molar refractivity (Wildman–Crippen MR) is 95.5 cm³/mol. The predicted octanol–water partition coefficient (Wildman–Crippen LogP) is 2.55. The third kappa shape index (κ3) is 2.47. The molecular weight excluding hydrogens is 364 g/mol. The van der Waals surface area contributed by atoms with Gasteiger partial charge in [0.1, 0.15) is 11.9 Å². The van der Waals surface area contributed by atoms with Crippen molar-refractivity contribution in [2.24, 2.45) is 28.6 Å². The Morgan fingerprint density at radius 1 is 1.14 bits per heavy atom. The van der Waals surface area contributed by atoms with Crippen molar-refractivity contribution in [3.63, 3.8) is 0 Å². The minimum atomic E-state index is -1.43. The van der Waals surface area contributed by atoms with Crippen LogP contribution in [0.1, 0.15) is 65.7 Å². The van der Waals surface area contributed by atoms with Gasteiger partial charge in [0.15, 0.2) is 0 Å². The minimum Gasteiger partial charge on any atom is -0.462 e. The summed E-state index contributed by atoms with van der Waals surface area (Å²) in [5, 5.41) is 0. The average Bonchev–Trinajstić information content (AvgIpc) is 2.91. The second kappa shape index (κ2) is 6.29. The Morgan fingerprint density at radius 2 is 1.89 bits per heavy atom. The molecule has 1 saturated heterocycles. The van der Waals surface area contributed by atoms with Crippen LogP contribution in [0.3, 0.4) is 0 Å². The molecule has 0 radical (unpaired) electrons. The van der Waals surface area contributed by atoms with E-state index in [2.05, 4.69) is 0 Å². The van der Waals surface area contributed by atoms with Crippen LogP contribution in [0.15, 0.2) is 0 Å². The molecule has 0 amide bonds. The van der Waals surface area contributed by atoms with Crippen LogP contribution in [0.2, 0.25) is 0 Å². The van der Waals surface area contributed by atoms with Crippen LogP contribution in [0.25, 0.3) is 0 Å². The topological polar surface area (TPSA) is 96.0 Å². The first kappa shape index (κ1) is 19.4. The van der Waals surface area contributed by atoms with Gasteiger partial charge in [0.25, 0.3) is 12.3 Å². The number of ether oxygens (including phenoxy) is 3. The van der Waals surface area contributed by atoms with Gasteiger partial charge in [0.05, 0.1) is 12.3 Å². The zero-order chi connectivity index (χ0) is 20.3. The Bertz CT molecular complexity index is 732. The molecule has 154 valence electrons. The van der Waals surface area contributed by atoms with Crippen molar-refractivity contribution < 1.29 is 33.4 Å². The molecule has 0 spiro atoms. The Balaban J connectivity index is 1.71. The first-order valence-electron chi connectivity index (χ1n) is 10.2. The molecule has 0 aromatic heterocycles. The highest BCUT2D eigenvalue weighted by Gasteiger charge is 2.71. The quantitative estimate of drug-likeness (QED) is 0.538. The summed E-state index contributed by atoms with van der Waals surface area (Å²) in [6.45, 7) is 5.67. The Kier molecular flexibility index (Phi) is 4.36. The number of hydrogen-bond donors (Lipinski definition) is 0. The van der Waals surface area contributed by atoms with E-state index in [4.69, 9.17) is 14.2 Å². The van der Waals surface area contributed by atoms with Crippen molar-refractivity contribution in [3.05, 3.63) is 0 Å². The lowest BCUT2D eigenvalue weighted by atomic mass is 9.49. The van der Waals surface area contributed by atoms with Crippen LogP contribution in [-0.2, 0) is 33.4 Å². The summed E-state index contributed by atoms with van der Waals surface area (Å²) in [6, 6.07) is 0. The summed E-state index contributed by atoms with van der Waals surface area (Å²) in [7, 11) is 0. The van der Waals surface area contributed by atoms with E-state index in [0.717, 1.165) is 12.8 Å². The fourth-order valence-electron chi connectivity index (χ4n) is 6.72. The molecule has 4 fully saturated rings. The Morgan fingerprint density at radius 3 is 2.57 bits per heavy atom. The number of rotatable bonds is 3. The highest BCUT2D eigenvalue weighted by molar-refractivity contribution is 5.89. The summed E-state index contributed by atoms with van der Waals surface area (Å²) in [5.74, 6) is -2.40. The van der Waals surface area contributed by atoms with E-state index in [9.17, 15) is 19.2 Å². The number of esters is 2. The van der Waals surface area contributed by atoms with Crippen molar-refractivity contribution in [2.75, 3.05) is 0 Å². The van der Waals surface area contributed by atoms with Gasteiger partial charge in [0.2, 0.25) is 0 Å². The molecule has 0 aromatic rings. The number of carbonyl (C=O) groups excluding carboxylic acids is 4. The van der Waals surface area contributed by atoms with Gasteiger partial charge in [-0.15, -0.1) is 0 Å². The van der Waals surface area contributed by atoms with Gasteiger partial charge >= 0.3 is 11.9 Å². The zero-order valence-corrected chi connectivity index (χ0v) is 16.7. The largest absolute Gasteiger partial charge is 0.462 e. The monoisotopic (exact) mass is 392 g/mol. The van der Waals surface area contributed by atoms with E-state index in [0.29, 0.717) is 32.2 Å². The molecule has 1 aliphatic heterocycles. The lowest BCUT2D eigenvalue weighted by Crippen LogP contribution is -2.68. The standard InChI is InChI=1S/C21H28O7/c1-12(23)27-13-6-9-20(3)15-7-8-19(2)14(4-5-16(19)24)17(15)18(25)28-21(20,10-13)26-11-22/h11,13-15,17H,4-10H2,1-3H3/t13-,14-,15-,17+,19-,20+,21?/m0/s1. The molecule has 0 aromatic carbocycles. The van der Waals surface area contributed by atoms with Crippen molar-refractivity contribution in [1.82, 2.24) is 0 Å². The Labute approximate surface area is 164 Å². The fourth-order valence-corrected chi connectivity index (χ4v) is 6.72. The molecule has 4 aliphatic rings. The van der Waals surface area contributed by atoms with Crippen LogP contribution in [0, 0.1) is 28.6 Å². The van der Waals surface area contributed by atoms with Crippen LogP contribution in [-0.4, -0.2) is 36.1 Å². The third-order valence-corrected chi connectivity index (χ3v) is 8.26. The number of carbonyl (C=O) groups is 4. The van der Waals surface area contributed by atoms with Gasteiger partial charge in [-0.05, 0) is 43.9 Å². The van der Waals surface area contributed by atoms with Crippen LogP contribution in [0.5, 0.6) is 0 Å². The van der Waals surface area contributed by atoms with E-state index in [1.54, 1.807) is 0 Å². The summed E-state index contributed by atoms with van der Waals surface area (Å²) in [4.78, 5) is 48.5. The molecule has 0 N–H and O–H groups in total. The number of hydrogen-bond acceptors (Lipinski definition) is 7. The summed E-state index contributed by atoms with van der Waals surface area (Å²) in [6.07, 6.45) is 3.61. The van der Waals surface area contributed by atoms with E-state index < -0.39 is 34.7 Å².